The Morgan fingerprint density at radius 2 is 1.77 bits per heavy atom. The maximum Gasteiger partial charge on any atom is 0.257 e. The highest BCUT2D eigenvalue weighted by molar-refractivity contribution is 6.05. The normalized spacial score (nSPS) is 11.7. The van der Waals surface area contributed by atoms with Gasteiger partial charge in [0.05, 0.1) is 23.1 Å². The van der Waals surface area contributed by atoms with Crippen LogP contribution >= 0.6 is 0 Å². The van der Waals surface area contributed by atoms with E-state index in [1.807, 2.05) is 75.4 Å². The molecule has 1 atom stereocenters. The zero-order chi connectivity index (χ0) is 21.5. The number of nitrogens with zero attached hydrogens (tertiary/aromatic N) is 1. The Hall–Kier alpha value is -3.18. The van der Waals surface area contributed by atoms with E-state index >= 15 is 0 Å². The molecule has 0 fully saturated rings. The fourth-order valence-corrected chi connectivity index (χ4v) is 3.03. The topological polar surface area (TPSA) is 60.5 Å². The van der Waals surface area contributed by atoms with Crippen LogP contribution in [-0.2, 0) is 4.74 Å². The zero-order valence-electron chi connectivity index (χ0n) is 17.9. The smallest absolute Gasteiger partial charge is 0.257 e. The summed E-state index contributed by atoms with van der Waals surface area (Å²) in [6.45, 7) is 8.57. The number of aryl methyl sites for hydroxylation is 2. The molecule has 1 heterocycles. The molecule has 2 aromatic carbocycles. The Morgan fingerprint density at radius 3 is 2.43 bits per heavy atom. The summed E-state index contributed by atoms with van der Waals surface area (Å²) >= 11 is 0. The molecule has 1 N–H and O–H groups in total. The van der Waals surface area contributed by atoms with Crippen molar-refractivity contribution in [3.8, 4) is 11.5 Å². The number of amides is 1. The molecular weight excluding hydrogens is 376 g/mol. The van der Waals surface area contributed by atoms with Gasteiger partial charge in [0.1, 0.15) is 11.5 Å². The molecule has 5 nitrogen and oxygen atoms in total. The van der Waals surface area contributed by atoms with E-state index in [-0.39, 0.29) is 12.0 Å². The molecule has 0 bridgehead atoms. The number of ether oxygens (including phenoxy) is 2. The average Bonchev–Trinajstić information content (AvgIpc) is 2.74. The molecule has 5 heteroatoms. The van der Waals surface area contributed by atoms with Crippen LogP contribution in [0.4, 0.5) is 5.69 Å². The van der Waals surface area contributed by atoms with Crippen LogP contribution in [0.5, 0.6) is 11.5 Å². The van der Waals surface area contributed by atoms with E-state index in [4.69, 9.17) is 9.47 Å². The van der Waals surface area contributed by atoms with Gasteiger partial charge in [-0.1, -0.05) is 25.1 Å². The maximum absolute atomic E-state index is 12.7. The standard InChI is InChI=1S/C25H28N2O3/c1-5-16-29-19(4)23-15-14-22(18(3)26-23)25(28)27-20-10-12-21(13-11-20)30-24-9-7-6-8-17(24)2/h6-15,19H,5,16H2,1-4H3,(H,27,28). The molecule has 0 radical (unpaired) electrons. The van der Waals surface area contributed by atoms with Crippen LogP contribution in [0.25, 0.3) is 0 Å². The first-order valence-corrected chi connectivity index (χ1v) is 10.2. The van der Waals surface area contributed by atoms with Crippen molar-refractivity contribution < 1.29 is 14.3 Å². The monoisotopic (exact) mass is 404 g/mol. The summed E-state index contributed by atoms with van der Waals surface area (Å²) in [5, 5.41) is 2.92. The lowest BCUT2D eigenvalue weighted by Crippen LogP contribution is -2.15. The average molecular weight is 405 g/mol. The lowest BCUT2D eigenvalue weighted by Gasteiger charge is -2.14. The van der Waals surface area contributed by atoms with E-state index in [0.29, 0.717) is 29.3 Å². The molecule has 3 aromatic rings. The van der Waals surface area contributed by atoms with Gasteiger partial charge in [-0.05, 0) is 75.2 Å². The molecule has 0 aliphatic heterocycles. The number of pyridine rings is 1. The Morgan fingerprint density at radius 1 is 1.03 bits per heavy atom. The van der Waals surface area contributed by atoms with E-state index < -0.39 is 0 Å². The second kappa shape index (κ2) is 10.0. The molecular formula is C25H28N2O3. The molecule has 156 valence electrons. The Kier molecular flexibility index (Phi) is 7.20. The number of para-hydroxylation sites is 1. The molecule has 0 aliphatic rings. The summed E-state index contributed by atoms with van der Waals surface area (Å²) in [4.78, 5) is 17.2. The van der Waals surface area contributed by atoms with E-state index in [1.165, 1.54) is 0 Å². The highest BCUT2D eigenvalue weighted by atomic mass is 16.5. The van der Waals surface area contributed by atoms with Gasteiger partial charge in [-0.2, -0.15) is 0 Å². The number of rotatable bonds is 8. The van der Waals surface area contributed by atoms with E-state index in [0.717, 1.165) is 23.4 Å². The lowest BCUT2D eigenvalue weighted by molar-refractivity contribution is 0.0632. The summed E-state index contributed by atoms with van der Waals surface area (Å²) < 4.78 is 11.6. The van der Waals surface area contributed by atoms with E-state index in [9.17, 15) is 4.79 Å². The van der Waals surface area contributed by atoms with E-state index in [1.54, 1.807) is 6.07 Å². The SMILES string of the molecule is CCCOC(C)c1ccc(C(=O)Nc2ccc(Oc3ccccc3C)cc2)c(C)n1. The van der Waals surface area contributed by atoms with Gasteiger partial charge >= 0.3 is 0 Å². The van der Waals surface area contributed by atoms with Gasteiger partial charge in [0, 0.05) is 12.3 Å². The number of aromatic nitrogens is 1. The molecule has 0 spiro atoms. The summed E-state index contributed by atoms with van der Waals surface area (Å²) in [7, 11) is 0. The fraction of sp³-hybridized carbons (Fsp3) is 0.280. The van der Waals surface area contributed by atoms with Crippen molar-refractivity contribution in [1.29, 1.82) is 0 Å². The predicted molar refractivity (Wildman–Crippen MR) is 119 cm³/mol. The number of hydrogen-bond acceptors (Lipinski definition) is 4. The first-order chi connectivity index (χ1) is 14.5. The first kappa shape index (κ1) is 21.5. The van der Waals surface area contributed by atoms with Crippen LogP contribution in [0.15, 0.2) is 60.7 Å². The van der Waals surface area contributed by atoms with Crippen LogP contribution in [-0.4, -0.2) is 17.5 Å². The Balaban J connectivity index is 1.65. The third-order valence-corrected chi connectivity index (χ3v) is 4.77. The maximum atomic E-state index is 12.7. The largest absolute Gasteiger partial charge is 0.457 e. The molecule has 0 saturated carbocycles. The van der Waals surface area contributed by atoms with Crippen LogP contribution < -0.4 is 10.1 Å². The number of carbonyl (C=O) groups excluding carboxylic acids is 1. The van der Waals surface area contributed by atoms with Gasteiger partial charge in [0.25, 0.3) is 5.91 Å². The van der Waals surface area contributed by atoms with Crippen LogP contribution in [0.3, 0.4) is 0 Å². The van der Waals surface area contributed by atoms with Gasteiger partial charge in [-0.3, -0.25) is 9.78 Å². The number of benzene rings is 2. The molecule has 1 amide bonds. The van der Waals surface area contributed by atoms with Gasteiger partial charge in [0.2, 0.25) is 0 Å². The molecule has 1 aromatic heterocycles. The van der Waals surface area contributed by atoms with Crippen molar-refractivity contribution in [2.24, 2.45) is 0 Å². The molecule has 0 aliphatic carbocycles. The number of nitrogens with one attached hydrogen (secondary N) is 1. The number of carbonyl (C=O) groups is 1. The Bertz CT molecular complexity index is 1000. The Labute approximate surface area is 178 Å². The minimum Gasteiger partial charge on any atom is -0.457 e. The minimum absolute atomic E-state index is 0.0958. The summed E-state index contributed by atoms with van der Waals surface area (Å²) in [5.74, 6) is 1.33. The predicted octanol–water partition coefficient (Wildman–Crippen LogP) is 6.23. The zero-order valence-corrected chi connectivity index (χ0v) is 17.9. The highest BCUT2D eigenvalue weighted by Gasteiger charge is 2.14. The van der Waals surface area contributed by atoms with Crippen LogP contribution in [0.1, 0.15) is 53.7 Å². The van der Waals surface area contributed by atoms with E-state index in [2.05, 4.69) is 17.2 Å². The second-order valence-corrected chi connectivity index (χ2v) is 7.23. The summed E-state index contributed by atoms with van der Waals surface area (Å²) in [6.07, 6.45) is 0.861. The highest BCUT2D eigenvalue weighted by Crippen LogP contribution is 2.26. The van der Waals surface area contributed by atoms with Crippen molar-refractivity contribution in [2.45, 2.75) is 40.2 Å². The van der Waals surface area contributed by atoms with Crippen molar-refractivity contribution in [2.75, 3.05) is 11.9 Å². The van der Waals surface area contributed by atoms with Crippen molar-refractivity contribution >= 4 is 11.6 Å². The van der Waals surface area contributed by atoms with Crippen LogP contribution in [0, 0.1) is 13.8 Å². The van der Waals surface area contributed by atoms with Gasteiger partial charge in [-0.25, -0.2) is 0 Å². The third-order valence-electron chi connectivity index (χ3n) is 4.77. The third kappa shape index (κ3) is 5.45. The molecule has 1 unspecified atom stereocenters. The number of anilines is 1. The number of hydrogen-bond donors (Lipinski definition) is 1. The summed E-state index contributed by atoms with van der Waals surface area (Å²) in [5.41, 5.74) is 3.81. The quantitative estimate of drug-likeness (QED) is 0.483. The molecule has 30 heavy (non-hydrogen) atoms. The van der Waals surface area contributed by atoms with Crippen LogP contribution in [0.2, 0.25) is 0 Å². The molecule has 0 saturated heterocycles. The van der Waals surface area contributed by atoms with Crippen molar-refractivity contribution in [3.63, 3.8) is 0 Å². The van der Waals surface area contributed by atoms with Crippen molar-refractivity contribution in [3.05, 3.63) is 83.2 Å². The summed E-state index contributed by atoms with van der Waals surface area (Å²) in [6, 6.07) is 18.8. The fourth-order valence-electron chi connectivity index (χ4n) is 3.03. The van der Waals surface area contributed by atoms with Gasteiger partial charge in [-0.15, -0.1) is 0 Å². The van der Waals surface area contributed by atoms with Gasteiger partial charge in [0.15, 0.2) is 0 Å². The first-order valence-electron chi connectivity index (χ1n) is 10.2. The minimum atomic E-state index is -0.193. The molecule has 3 rings (SSSR count). The second-order valence-electron chi connectivity index (χ2n) is 7.23. The van der Waals surface area contributed by atoms with Crippen molar-refractivity contribution in [1.82, 2.24) is 4.98 Å². The van der Waals surface area contributed by atoms with Gasteiger partial charge < -0.3 is 14.8 Å². The lowest BCUT2D eigenvalue weighted by atomic mass is 10.1.